The predicted octanol–water partition coefficient (Wildman–Crippen LogP) is 0.153. The molecule has 2 aliphatic carbocycles. The van der Waals surface area contributed by atoms with Gasteiger partial charge in [-0.25, -0.2) is 0 Å². The monoisotopic (exact) mass is 351 g/mol. The highest BCUT2D eigenvalue weighted by Crippen LogP contribution is 2.29. The fraction of sp³-hybridized carbons (Fsp3) is 0.889. The molecule has 0 unspecified atom stereocenters. The predicted molar refractivity (Wildman–Crippen MR) is 98.6 cm³/mol. The van der Waals surface area contributed by atoms with E-state index in [2.05, 4.69) is 27.4 Å². The van der Waals surface area contributed by atoms with Crippen LogP contribution >= 0.6 is 0 Å². The third kappa shape index (κ3) is 5.57. The van der Waals surface area contributed by atoms with Gasteiger partial charge in [0.2, 0.25) is 5.91 Å². The van der Waals surface area contributed by atoms with E-state index < -0.39 is 5.60 Å². The number of amides is 1. The van der Waals surface area contributed by atoms with Crippen LogP contribution in [0, 0.1) is 0 Å². The Morgan fingerprint density at radius 1 is 1.20 bits per heavy atom. The Morgan fingerprint density at radius 3 is 2.48 bits per heavy atom. The molecule has 1 aliphatic heterocycles. The van der Waals surface area contributed by atoms with Crippen molar-refractivity contribution >= 4 is 11.9 Å². The molecule has 142 valence electrons. The number of nitrogens with zero attached hydrogens (tertiary/aromatic N) is 3. The number of aliphatic imine (C=N–C) groups is 1. The zero-order chi connectivity index (χ0) is 17.7. The molecular weight excluding hydrogens is 318 g/mol. The molecule has 0 aromatic rings. The second kappa shape index (κ2) is 8.36. The van der Waals surface area contributed by atoms with Crippen LogP contribution in [0.3, 0.4) is 0 Å². The summed E-state index contributed by atoms with van der Waals surface area (Å²) in [7, 11) is 0. The summed E-state index contributed by atoms with van der Waals surface area (Å²) in [5.74, 6) is 1.05. The SMILES string of the molecule is CCNC(=NCC1(O)CCCC1)N1CCN(CC(=O)NC2CC2)CC1. The number of piperazine rings is 1. The summed E-state index contributed by atoms with van der Waals surface area (Å²) < 4.78 is 0. The molecule has 7 heteroatoms. The lowest BCUT2D eigenvalue weighted by molar-refractivity contribution is -0.122. The van der Waals surface area contributed by atoms with Crippen LogP contribution in [0.15, 0.2) is 4.99 Å². The molecule has 0 spiro atoms. The van der Waals surface area contributed by atoms with E-state index in [9.17, 15) is 9.90 Å². The maximum atomic E-state index is 11.9. The van der Waals surface area contributed by atoms with Crippen LogP contribution in [-0.2, 0) is 4.79 Å². The summed E-state index contributed by atoms with van der Waals surface area (Å²) in [5, 5.41) is 16.9. The number of guanidine groups is 1. The van der Waals surface area contributed by atoms with Gasteiger partial charge in [-0.05, 0) is 32.6 Å². The van der Waals surface area contributed by atoms with Gasteiger partial charge in [0.15, 0.2) is 5.96 Å². The van der Waals surface area contributed by atoms with Crippen LogP contribution in [0.5, 0.6) is 0 Å². The van der Waals surface area contributed by atoms with Gasteiger partial charge in [-0.3, -0.25) is 14.7 Å². The maximum absolute atomic E-state index is 11.9. The molecule has 0 atom stereocenters. The summed E-state index contributed by atoms with van der Waals surface area (Å²) >= 11 is 0. The van der Waals surface area contributed by atoms with E-state index in [1.165, 1.54) is 0 Å². The average Bonchev–Trinajstić information content (AvgIpc) is 3.30. The van der Waals surface area contributed by atoms with E-state index in [0.29, 0.717) is 19.1 Å². The van der Waals surface area contributed by atoms with E-state index in [4.69, 9.17) is 4.99 Å². The minimum Gasteiger partial charge on any atom is -0.388 e. The van der Waals surface area contributed by atoms with Gasteiger partial charge in [0.1, 0.15) is 0 Å². The fourth-order valence-corrected chi connectivity index (χ4v) is 3.66. The third-order valence-electron chi connectivity index (χ3n) is 5.37. The van der Waals surface area contributed by atoms with E-state index in [0.717, 1.165) is 77.2 Å². The van der Waals surface area contributed by atoms with Crippen LogP contribution in [0.4, 0.5) is 0 Å². The number of carbonyl (C=O) groups is 1. The lowest BCUT2D eigenvalue weighted by Crippen LogP contribution is -2.54. The number of carbonyl (C=O) groups excluding carboxylic acids is 1. The van der Waals surface area contributed by atoms with Gasteiger partial charge in [-0.2, -0.15) is 0 Å². The molecule has 2 saturated carbocycles. The zero-order valence-corrected chi connectivity index (χ0v) is 15.5. The Labute approximate surface area is 150 Å². The fourth-order valence-electron chi connectivity index (χ4n) is 3.66. The molecule has 25 heavy (non-hydrogen) atoms. The zero-order valence-electron chi connectivity index (χ0n) is 15.5. The van der Waals surface area contributed by atoms with Crippen molar-refractivity contribution in [2.24, 2.45) is 4.99 Å². The molecule has 0 aromatic heterocycles. The third-order valence-corrected chi connectivity index (χ3v) is 5.37. The van der Waals surface area contributed by atoms with E-state index in [1.54, 1.807) is 0 Å². The van der Waals surface area contributed by atoms with Crippen molar-refractivity contribution in [1.29, 1.82) is 0 Å². The van der Waals surface area contributed by atoms with Crippen molar-refractivity contribution in [3.8, 4) is 0 Å². The van der Waals surface area contributed by atoms with Gasteiger partial charge in [0.25, 0.3) is 0 Å². The first-order valence-corrected chi connectivity index (χ1v) is 9.85. The van der Waals surface area contributed by atoms with Crippen LogP contribution in [0.25, 0.3) is 0 Å². The van der Waals surface area contributed by atoms with Gasteiger partial charge in [0.05, 0.1) is 18.7 Å². The van der Waals surface area contributed by atoms with Crippen LogP contribution in [0.1, 0.15) is 45.4 Å². The molecule has 3 rings (SSSR count). The largest absolute Gasteiger partial charge is 0.388 e. The average molecular weight is 351 g/mol. The standard InChI is InChI=1S/C18H33N5O2/c1-2-19-17(20-14-18(25)7-3-4-8-18)23-11-9-22(10-12-23)13-16(24)21-15-5-6-15/h15,25H,2-14H2,1H3,(H,19,20)(H,21,24). The first-order chi connectivity index (χ1) is 12.1. The van der Waals surface area contributed by atoms with Crippen molar-refractivity contribution in [3.63, 3.8) is 0 Å². The van der Waals surface area contributed by atoms with Crippen molar-refractivity contribution in [3.05, 3.63) is 0 Å². The summed E-state index contributed by atoms with van der Waals surface area (Å²) in [6.45, 7) is 7.33. The summed E-state index contributed by atoms with van der Waals surface area (Å²) in [5.41, 5.74) is -0.608. The van der Waals surface area contributed by atoms with Gasteiger partial charge in [-0.15, -0.1) is 0 Å². The van der Waals surface area contributed by atoms with Crippen molar-refractivity contribution in [2.45, 2.75) is 57.1 Å². The molecule has 0 radical (unpaired) electrons. The van der Waals surface area contributed by atoms with Crippen LogP contribution in [-0.4, -0.2) is 84.2 Å². The number of rotatable bonds is 6. The molecule has 0 bridgehead atoms. The molecule has 3 N–H and O–H groups in total. The second-order valence-corrected chi connectivity index (χ2v) is 7.71. The first kappa shape index (κ1) is 18.5. The highest BCUT2D eigenvalue weighted by molar-refractivity contribution is 5.80. The Bertz CT molecular complexity index is 478. The molecule has 0 aromatic carbocycles. The number of aliphatic hydroxyl groups is 1. The van der Waals surface area contributed by atoms with E-state index in [-0.39, 0.29) is 5.91 Å². The minimum absolute atomic E-state index is 0.153. The van der Waals surface area contributed by atoms with Gasteiger partial charge in [0, 0.05) is 38.8 Å². The molecule has 1 saturated heterocycles. The lowest BCUT2D eigenvalue weighted by atomic mass is 10.0. The van der Waals surface area contributed by atoms with E-state index >= 15 is 0 Å². The van der Waals surface area contributed by atoms with E-state index in [1.807, 2.05) is 0 Å². The summed E-state index contributed by atoms with van der Waals surface area (Å²) in [4.78, 5) is 21.1. The number of nitrogens with one attached hydrogen (secondary N) is 2. The van der Waals surface area contributed by atoms with Crippen LogP contribution in [0.2, 0.25) is 0 Å². The smallest absolute Gasteiger partial charge is 0.234 e. The normalized spacial score (nSPS) is 24.4. The van der Waals surface area contributed by atoms with Gasteiger partial charge >= 0.3 is 0 Å². The van der Waals surface area contributed by atoms with Gasteiger partial charge in [-0.1, -0.05) is 12.8 Å². The molecule has 1 heterocycles. The number of hydrogen-bond donors (Lipinski definition) is 3. The van der Waals surface area contributed by atoms with Crippen molar-refractivity contribution in [2.75, 3.05) is 45.8 Å². The highest BCUT2D eigenvalue weighted by atomic mass is 16.3. The van der Waals surface area contributed by atoms with Crippen molar-refractivity contribution < 1.29 is 9.90 Å². The molecule has 1 amide bonds. The molecular formula is C18H33N5O2. The Morgan fingerprint density at radius 2 is 1.88 bits per heavy atom. The van der Waals surface area contributed by atoms with Crippen molar-refractivity contribution in [1.82, 2.24) is 20.4 Å². The molecule has 3 fully saturated rings. The summed E-state index contributed by atoms with van der Waals surface area (Å²) in [6.07, 6.45) is 6.19. The Balaban J connectivity index is 1.46. The highest BCUT2D eigenvalue weighted by Gasteiger charge is 2.31. The molecule has 7 nitrogen and oxygen atoms in total. The maximum Gasteiger partial charge on any atom is 0.234 e. The Kier molecular flexibility index (Phi) is 6.17. The topological polar surface area (TPSA) is 80.2 Å². The minimum atomic E-state index is -0.608. The lowest BCUT2D eigenvalue weighted by Gasteiger charge is -2.36. The summed E-state index contributed by atoms with van der Waals surface area (Å²) in [6, 6.07) is 0.433. The first-order valence-electron chi connectivity index (χ1n) is 9.85. The van der Waals surface area contributed by atoms with Crippen LogP contribution < -0.4 is 10.6 Å². The molecule has 3 aliphatic rings. The second-order valence-electron chi connectivity index (χ2n) is 7.71. The Hall–Kier alpha value is -1.34. The quantitative estimate of drug-likeness (QED) is 0.469. The number of hydrogen-bond acceptors (Lipinski definition) is 4. The van der Waals surface area contributed by atoms with Gasteiger partial charge < -0.3 is 20.6 Å².